The summed E-state index contributed by atoms with van der Waals surface area (Å²) in [7, 11) is 0. The van der Waals surface area contributed by atoms with Crippen LogP contribution in [0.4, 0.5) is 11.6 Å². The second-order valence-electron chi connectivity index (χ2n) is 6.61. The maximum atomic E-state index is 11.1. The molecule has 0 unspecified atom stereocenters. The summed E-state index contributed by atoms with van der Waals surface area (Å²) >= 11 is 0. The van der Waals surface area contributed by atoms with Crippen LogP contribution < -0.4 is 10.6 Å². The molecule has 1 fully saturated rings. The summed E-state index contributed by atoms with van der Waals surface area (Å²) in [4.78, 5) is 22.1. The predicted molar refractivity (Wildman–Crippen MR) is 96.6 cm³/mol. The topological polar surface area (TPSA) is 110 Å². The second-order valence-corrected chi connectivity index (χ2v) is 6.61. The fourth-order valence-electron chi connectivity index (χ4n) is 3.34. The second kappa shape index (κ2) is 7.99. The number of carbonyl (C=O) groups is 2. The first-order valence-corrected chi connectivity index (χ1v) is 8.73. The number of nitrogens with one attached hydrogen (secondary N) is 2. The zero-order valence-corrected chi connectivity index (χ0v) is 14.9. The molecule has 136 valence electrons. The van der Waals surface area contributed by atoms with Crippen LogP contribution in [0.15, 0.2) is 24.3 Å². The standard InChI is InChI=1S/C18H22N6O2/c1-11(25)19-17-8-6-15(21-23-17)13-4-3-5-14(10-13)16-7-9-18(24-22-16)20-12(2)26/h6-9,13-14H,3-5,10H2,1-2H3,(H,19,23,25)(H,20,24,26)/t13-,14-/m1/s1. The van der Waals surface area contributed by atoms with Gasteiger partial charge >= 0.3 is 0 Å². The predicted octanol–water partition coefficient (Wildman–Crippen LogP) is 2.62. The molecule has 8 heteroatoms. The maximum absolute atomic E-state index is 11.1. The van der Waals surface area contributed by atoms with Gasteiger partial charge in [-0.3, -0.25) is 9.59 Å². The first-order valence-electron chi connectivity index (χ1n) is 8.73. The Bertz CT molecular complexity index is 710. The van der Waals surface area contributed by atoms with E-state index >= 15 is 0 Å². The third-order valence-electron chi connectivity index (χ3n) is 4.49. The van der Waals surface area contributed by atoms with Gasteiger partial charge in [0, 0.05) is 25.7 Å². The number of aromatic nitrogens is 4. The van der Waals surface area contributed by atoms with Gasteiger partial charge in [-0.1, -0.05) is 6.42 Å². The van der Waals surface area contributed by atoms with Crippen LogP contribution in [-0.4, -0.2) is 32.2 Å². The molecule has 2 aromatic heterocycles. The maximum Gasteiger partial charge on any atom is 0.222 e. The van der Waals surface area contributed by atoms with Gasteiger partial charge in [-0.2, -0.15) is 10.2 Å². The lowest BCUT2D eigenvalue weighted by Gasteiger charge is -2.28. The Labute approximate surface area is 151 Å². The van der Waals surface area contributed by atoms with Crippen molar-refractivity contribution in [2.75, 3.05) is 10.6 Å². The lowest BCUT2D eigenvalue weighted by molar-refractivity contribution is -0.115. The number of anilines is 2. The number of amides is 2. The molecule has 2 amide bonds. The van der Waals surface area contributed by atoms with Crippen LogP contribution in [0.2, 0.25) is 0 Å². The van der Waals surface area contributed by atoms with E-state index in [1.54, 1.807) is 12.1 Å². The van der Waals surface area contributed by atoms with Crippen molar-refractivity contribution in [2.45, 2.75) is 51.4 Å². The first kappa shape index (κ1) is 17.9. The Morgan fingerprint density at radius 3 is 1.62 bits per heavy atom. The SMILES string of the molecule is CC(=O)Nc1ccc([C@@H]2CCC[C@@H](c3ccc(NC(C)=O)nn3)C2)nn1. The molecule has 1 aliphatic carbocycles. The zero-order chi connectivity index (χ0) is 18.5. The van der Waals surface area contributed by atoms with Crippen LogP contribution >= 0.6 is 0 Å². The molecule has 3 rings (SSSR count). The van der Waals surface area contributed by atoms with Crippen molar-refractivity contribution < 1.29 is 9.59 Å². The minimum atomic E-state index is -0.161. The average molecular weight is 354 g/mol. The highest BCUT2D eigenvalue weighted by molar-refractivity contribution is 5.87. The van der Waals surface area contributed by atoms with Gasteiger partial charge in [0.2, 0.25) is 11.8 Å². The summed E-state index contributed by atoms with van der Waals surface area (Å²) in [6, 6.07) is 7.43. The monoisotopic (exact) mass is 354 g/mol. The Morgan fingerprint density at radius 1 is 0.808 bits per heavy atom. The molecule has 8 nitrogen and oxygen atoms in total. The van der Waals surface area contributed by atoms with Gasteiger partial charge < -0.3 is 10.6 Å². The van der Waals surface area contributed by atoms with Gasteiger partial charge in [0.1, 0.15) is 0 Å². The van der Waals surface area contributed by atoms with E-state index in [4.69, 9.17) is 0 Å². The molecular formula is C18H22N6O2. The number of carbonyl (C=O) groups excluding carboxylic acids is 2. The molecule has 0 aromatic carbocycles. The van der Waals surface area contributed by atoms with Crippen molar-refractivity contribution in [2.24, 2.45) is 0 Å². The molecule has 0 saturated heterocycles. The zero-order valence-electron chi connectivity index (χ0n) is 14.9. The van der Waals surface area contributed by atoms with Crippen LogP contribution in [-0.2, 0) is 9.59 Å². The Kier molecular flexibility index (Phi) is 5.50. The summed E-state index contributed by atoms with van der Waals surface area (Å²) < 4.78 is 0. The lowest BCUT2D eigenvalue weighted by atomic mass is 9.78. The summed E-state index contributed by atoms with van der Waals surface area (Å²) in [6.07, 6.45) is 4.13. The van der Waals surface area contributed by atoms with Crippen molar-refractivity contribution in [1.29, 1.82) is 0 Å². The van der Waals surface area contributed by atoms with E-state index in [-0.39, 0.29) is 11.8 Å². The highest BCUT2D eigenvalue weighted by atomic mass is 16.2. The van der Waals surface area contributed by atoms with E-state index in [0.717, 1.165) is 37.1 Å². The summed E-state index contributed by atoms with van der Waals surface area (Å²) in [5.41, 5.74) is 1.87. The molecule has 2 N–H and O–H groups in total. The molecule has 1 saturated carbocycles. The minimum Gasteiger partial charge on any atom is -0.309 e. The molecule has 2 aromatic rings. The molecule has 2 atom stereocenters. The quantitative estimate of drug-likeness (QED) is 0.873. The molecule has 0 bridgehead atoms. The molecule has 0 radical (unpaired) electrons. The Morgan fingerprint density at radius 2 is 1.27 bits per heavy atom. The molecule has 0 aliphatic heterocycles. The van der Waals surface area contributed by atoms with Crippen molar-refractivity contribution >= 4 is 23.5 Å². The third-order valence-corrected chi connectivity index (χ3v) is 4.49. The van der Waals surface area contributed by atoms with Crippen molar-refractivity contribution in [1.82, 2.24) is 20.4 Å². The molecular weight excluding hydrogens is 332 g/mol. The van der Waals surface area contributed by atoms with Gasteiger partial charge in [0.15, 0.2) is 11.6 Å². The number of hydrogen-bond donors (Lipinski definition) is 2. The first-order chi connectivity index (χ1) is 12.5. The fourth-order valence-corrected chi connectivity index (χ4v) is 3.34. The molecule has 26 heavy (non-hydrogen) atoms. The van der Waals surface area contributed by atoms with E-state index in [9.17, 15) is 9.59 Å². The highest BCUT2D eigenvalue weighted by Gasteiger charge is 2.26. The van der Waals surface area contributed by atoms with E-state index in [2.05, 4.69) is 31.0 Å². The highest BCUT2D eigenvalue weighted by Crippen LogP contribution is 2.39. The van der Waals surface area contributed by atoms with Crippen LogP contribution in [0.5, 0.6) is 0 Å². The van der Waals surface area contributed by atoms with E-state index in [1.165, 1.54) is 13.8 Å². The molecule has 1 aliphatic rings. The Hall–Kier alpha value is -2.90. The Balaban J connectivity index is 1.67. The third kappa shape index (κ3) is 4.59. The van der Waals surface area contributed by atoms with Crippen LogP contribution in [0.1, 0.15) is 62.8 Å². The van der Waals surface area contributed by atoms with E-state index in [1.807, 2.05) is 12.1 Å². The van der Waals surface area contributed by atoms with Gasteiger partial charge in [-0.25, -0.2) is 0 Å². The van der Waals surface area contributed by atoms with Gasteiger partial charge in [-0.15, -0.1) is 10.2 Å². The van der Waals surface area contributed by atoms with Gasteiger partial charge in [0.25, 0.3) is 0 Å². The largest absolute Gasteiger partial charge is 0.309 e. The van der Waals surface area contributed by atoms with Crippen LogP contribution in [0, 0.1) is 0 Å². The summed E-state index contributed by atoms with van der Waals surface area (Å²) in [5, 5.41) is 22.0. The minimum absolute atomic E-state index is 0.161. The summed E-state index contributed by atoms with van der Waals surface area (Å²) in [5.74, 6) is 1.23. The number of rotatable bonds is 4. The van der Waals surface area contributed by atoms with Crippen molar-refractivity contribution in [3.8, 4) is 0 Å². The van der Waals surface area contributed by atoms with Crippen molar-refractivity contribution in [3.63, 3.8) is 0 Å². The average Bonchev–Trinajstić information content (AvgIpc) is 2.62. The number of nitrogens with zero attached hydrogens (tertiary/aromatic N) is 4. The van der Waals surface area contributed by atoms with Gasteiger partial charge in [-0.05, 0) is 43.5 Å². The van der Waals surface area contributed by atoms with Gasteiger partial charge in [0.05, 0.1) is 11.4 Å². The summed E-state index contributed by atoms with van der Waals surface area (Å²) in [6.45, 7) is 2.89. The normalized spacial score (nSPS) is 19.6. The smallest absolute Gasteiger partial charge is 0.222 e. The fraction of sp³-hybridized carbons (Fsp3) is 0.444. The lowest BCUT2D eigenvalue weighted by Crippen LogP contribution is -2.17. The number of hydrogen-bond acceptors (Lipinski definition) is 6. The van der Waals surface area contributed by atoms with E-state index < -0.39 is 0 Å². The van der Waals surface area contributed by atoms with Crippen molar-refractivity contribution in [3.05, 3.63) is 35.7 Å². The molecule has 0 spiro atoms. The van der Waals surface area contributed by atoms with Crippen LogP contribution in [0.3, 0.4) is 0 Å². The van der Waals surface area contributed by atoms with Crippen LogP contribution in [0.25, 0.3) is 0 Å². The van der Waals surface area contributed by atoms with E-state index in [0.29, 0.717) is 23.5 Å². The molecule has 2 heterocycles.